The smallest absolute Gasteiger partial charge is 0.322 e. The molecule has 0 aromatic heterocycles. The van der Waals surface area contributed by atoms with Crippen molar-refractivity contribution >= 4 is 52.2 Å². The summed E-state index contributed by atoms with van der Waals surface area (Å²) in [6, 6.07) is 16.8. The second-order valence-electron chi connectivity index (χ2n) is 6.33. The van der Waals surface area contributed by atoms with Crippen LogP contribution in [0.5, 0.6) is 0 Å². The zero-order valence-electron chi connectivity index (χ0n) is 15.5. The lowest BCUT2D eigenvalue weighted by molar-refractivity contribution is -0.139. The molecule has 2 aromatic rings. The lowest BCUT2D eigenvalue weighted by Crippen LogP contribution is -2.48. The number of nitrogens with zero attached hydrogens (tertiary/aromatic N) is 1. The summed E-state index contributed by atoms with van der Waals surface area (Å²) in [5.74, 6) is -2.10. The van der Waals surface area contributed by atoms with Gasteiger partial charge in [0.05, 0.1) is 4.91 Å². The topological polar surface area (TPSA) is 86.7 Å². The van der Waals surface area contributed by atoms with E-state index in [2.05, 4.69) is 5.32 Å². The summed E-state index contributed by atoms with van der Waals surface area (Å²) < 4.78 is 0.264. The average molecular weight is 427 g/mol. The molecule has 1 aliphatic heterocycles. The zero-order valence-corrected chi connectivity index (χ0v) is 17.1. The lowest BCUT2D eigenvalue weighted by Gasteiger charge is -2.21. The van der Waals surface area contributed by atoms with Gasteiger partial charge >= 0.3 is 5.97 Å². The first-order valence-corrected chi connectivity index (χ1v) is 10.0. The molecule has 0 bridgehead atoms. The van der Waals surface area contributed by atoms with Gasteiger partial charge in [0.2, 0.25) is 5.91 Å². The predicted octanol–water partition coefficient (Wildman–Crippen LogP) is 3.14. The van der Waals surface area contributed by atoms with E-state index in [-0.39, 0.29) is 10.2 Å². The number of rotatable bonds is 6. The van der Waals surface area contributed by atoms with E-state index in [9.17, 15) is 14.4 Å². The fraction of sp³-hybridized carbons (Fsp3) is 0.143. The highest BCUT2D eigenvalue weighted by Crippen LogP contribution is 2.34. The molecule has 29 heavy (non-hydrogen) atoms. The van der Waals surface area contributed by atoms with Gasteiger partial charge in [-0.2, -0.15) is 0 Å². The molecule has 0 radical (unpaired) electrons. The van der Waals surface area contributed by atoms with Crippen LogP contribution in [0.1, 0.15) is 12.5 Å². The summed E-state index contributed by atoms with van der Waals surface area (Å²) in [5.41, 5.74) is 3.01. The molecule has 0 saturated carbocycles. The van der Waals surface area contributed by atoms with E-state index in [1.54, 1.807) is 6.08 Å². The normalized spacial score (nSPS) is 16.2. The van der Waals surface area contributed by atoms with Crippen LogP contribution in [0.3, 0.4) is 0 Å². The molecule has 0 aliphatic carbocycles. The molecule has 1 aliphatic rings. The van der Waals surface area contributed by atoms with Gasteiger partial charge in [-0.15, -0.1) is 0 Å². The van der Waals surface area contributed by atoms with Crippen molar-refractivity contribution in [2.45, 2.75) is 13.0 Å². The Morgan fingerprint density at radius 2 is 1.76 bits per heavy atom. The fourth-order valence-corrected chi connectivity index (χ4v) is 4.21. The molecule has 1 fully saturated rings. The number of amides is 2. The van der Waals surface area contributed by atoms with Crippen LogP contribution in [0.2, 0.25) is 0 Å². The summed E-state index contributed by atoms with van der Waals surface area (Å²) in [6.45, 7) is 1.00. The van der Waals surface area contributed by atoms with Crippen LogP contribution in [0, 0.1) is 0 Å². The summed E-state index contributed by atoms with van der Waals surface area (Å²) in [5, 5.41) is 10.9. The maximum Gasteiger partial charge on any atom is 0.322 e. The van der Waals surface area contributed by atoms with Gasteiger partial charge in [0.1, 0.15) is 16.9 Å². The Morgan fingerprint density at radius 3 is 2.38 bits per heavy atom. The van der Waals surface area contributed by atoms with E-state index in [0.29, 0.717) is 4.91 Å². The molecular weight excluding hydrogens is 408 g/mol. The molecule has 0 spiro atoms. The maximum absolute atomic E-state index is 12.7. The molecular formula is C21H18N2O4S2. The molecule has 8 heteroatoms. The van der Waals surface area contributed by atoms with Gasteiger partial charge in [-0.05, 0) is 29.7 Å². The van der Waals surface area contributed by atoms with Gasteiger partial charge < -0.3 is 10.4 Å². The number of aliphatic carboxylic acids is 1. The highest BCUT2D eigenvalue weighted by atomic mass is 32.2. The van der Waals surface area contributed by atoms with Crippen molar-refractivity contribution in [1.29, 1.82) is 0 Å². The van der Waals surface area contributed by atoms with Gasteiger partial charge in [0, 0.05) is 0 Å². The minimum absolute atomic E-state index is 0.264. The van der Waals surface area contributed by atoms with Crippen LogP contribution in [0.4, 0.5) is 0 Å². The van der Waals surface area contributed by atoms with Crippen LogP contribution in [-0.4, -0.2) is 44.7 Å². The zero-order chi connectivity index (χ0) is 21.0. The molecule has 1 saturated heterocycles. The van der Waals surface area contributed by atoms with E-state index < -0.39 is 24.5 Å². The third-order valence-electron chi connectivity index (χ3n) is 4.32. The number of carbonyl (C=O) groups is 3. The molecule has 3 rings (SSSR count). The third-order valence-corrected chi connectivity index (χ3v) is 5.65. The Bertz CT molecular complexity index is 988. The van der Waals surface area contributed by atoms with E-state index in [1.807, 2.05) is 54.6 Å². The molecule has 148 valence electrons. The van der Waals surface area contributed by atoms with Crippen LogP contribution in [-0.2, 0) is 14.4 Å². The van der Waals surface area contributed by atoms with Gasteiger partial charge in [0.25, 0.3) is 5.91 Å². The Hall–Kier alpha value is -2.97. The first kappa shape index (κ1) is 20.8. The van der Waals surface area contributed by atoms with Crippen LogP contribution >= 0.6 is 24.0 Å². The Morgan fingerprint density at radius 1 is 1.14 bits per heavy atom. The SMILES string of the molecule is CC(C(=O)NCC(=O)O)N1C(=O)/C(=C/c2ccc(-c3ccccc3)cc2)SC1=S. The van der Waals surface area contributed by atoms with Crippen molar-refractivity contribution in [3.8, 4) is 11.1 Å². The van der Waals surface area contributed by atoms with Gasteiger partial charge in [-0.25, -0.2) is 0 Å². The molecule has 1 unspecified atom stereocenters. The molecule has 2 amide bonds. The number of hydrogen-bond donors (Lipinski definition) is 2. The second-order valence-corrected chi connectivity index (χ2v) is 8.00. The second kappa shape index (κ2) is 9.02. The molecule has 1 heterocycles. The molecule has 2 N–H and O–H groups in total. The van der Waals surface area contributed by atoms with Gasteiger partial charge in [-0.3, -0.25) is 19.3 Å². The average Bonchev–Trinajstić information content (AvgIpc) is 2.99. The number of carboxylic acid groups (broad SMARTS) is 1. The number of nitrogens with one attached hydrogen (secondary N) is 1. The third kappa shape index (κ3) is 4.90. The number of carbonyl (C=O) groups excluding carboxylic acids is 2. The number of carboxylic acids is 1. The van der Waals surface area contributed by atoms with Crippen molar-refractivity contribution in [2.24, 2.45) is 0 Å². The first-order chi connectivity index (χ1) is 13.9. The maximum atomic E-state index is 12.7. The van der Waals surface area contributed by atoms with E-state index >= 15 is 0 Å². The minimum atomic E-state index is -1.16. The van der Waals surface area contributed by atoms with E-state index in [1.165, 1.54) is 11.8 Å². The van der Waals surface area contributed by atoms with Gasteiger partial charge in [0.15, 0.2) is 0 Å². The monoisotopic (exact) mass is 426 g/mol. The number of benzene rings is 2. The van der Waals surface area contributed by atoms with Crippen LogP contribution in [0.15, 0.2) is 59.5 Å². The fourth-order valence-electron chi connectivity index (χ4n) is 2.80. The standard InChI is InChI=1S/C21H18N2O4S2/c1-13(19(26)22-12-18(24)25)23-20(27)17(29-21(23)28)11-14-7-9-16(10-8-14)15-5-3-2-4-6-15/h2-11,13H,12H2,1H3,(H,22,26)(H,24,25)/b17-11-. The van der Waals surface area contributed by atoms with Gasteiger partial charge in [-0.1, -0.05) is 78.6 Å². The van der Waals surface area contributed by atoms with E-state index in [4.69, 9.17) is 17.3 Å². The molecule has 1 atom stereocenters. The van der Waals surface area contributed by atoms with Crippen molar-refractivity contribution in [3.63, 3.8) is 0 Å². The summed E-state index contributed by atoms with van der Waals surface area (Å²) in [7, 11) is 0. The highest BCUT2D eigenvalue weighted by Gasteiger charge is 2.38. The lowest BCUT2D eigenvalue weighted by atomic mass is 10.0. The highest BCUT2D eigenvalue weighted by molar-refractivity contribution is 8.26. The quantitative estimate of drug-likeness (QED) is 0.545. The Labute approximate surface area is 177 Å². The van der Waals surface area contributed by atoms with Crippen LogP contribution < -0.4 is 5.32 Å². The molecule has 2 aromatic carbocycles. The number of hydrogen-bond acceptors (Lipinski definition) is 5. The van der Waals surface area contributed by atoms with Crippen molar-refractivity contribution in [1.82, 2.24) is 10.2 Å². The van der Waals surface area contributed by atoms with Crippen LogP contribution in [0.25, 0.3) is 17.2 Å². The Kier molecular flexibility index (Phi) is 6.46. The minimum Gasteiger partial charge on any atom is -0.480 e. The summed E-state index contributed by atoms with van der Waals surface area (Å²) in [6.07, 6.45) is 1.73. The van der Waals surface area contributed by atoms with E-state index in [0.717, 1.165) is 28.5 Å². The summed E-state index contributed by atoms with van der Waals surface area (Å²) in [4.78, 5) is 37.1. The van der Waals surface area contributed by atoms with Crippen molar-refractivity contribution in [3.05, 3.63) is 65.1 Å². The van der Waals surface area contributed by atoms with Crippen molar-refractivity contribution in [2.75, 3.05) is 6.54 Å². The predicted molar refractivity (Wildman–Crippen MR) is 117 cm³/mol. The molecule has 6 nitrogen and oxygen atoms in total. The Balaban J connectivity index is 1.74. The number of thiocarbonyl (C=S) groups is 1. The van der Waals surface area contributed by atoms with Crippen molar-refractivity contribution < 1.29 is 19.5 Å². The largest absolute Gasteiger partial charge is 0.480 e. The number of thioether (sulfide) groups is 1. The summed E-state index contributed by atoms with van der Waals surface area (Å²) >= 11 is 6.38. The first-order valence-electron chi connectivity index (χ1n) is 8.79.